The maximum absolute atomic E-state index is 8.89. The SMILES string of the molecule is O[C@@H]1CO[C@H](O)C(O)(O)[C@@H]1O. The molecule has 0 unspecified atom stereocenters. The average molecular weight is 166 g/mol. The minimum absolute atomic E-state index is 0.328. The topological polar surface area (TPSA) is 110 Å². The van der Waals surface area contributed by atoms with Crippen LogP contribution >= 0.6 is 0 Å². The fourth-order valence-corrected chi connectivity index (χ4v) is 0.833. The van der Waals surface area contributed by atoms with Crippen molar-refractivity contribution in [2.75, 3.05) is 6.61 Å². The molecule has 0 aliphatic carbocycles. The van der Waals surface area contributed by atoms with Gasteiger partial charge < -0.3 is 30.3 Å². The van der Waals surface area contributed by atoms with Gasteiger partial charge in [-0.1, -0.05) is 0 Å². The summed E-state index contributed by atoms with van der Waals surface area (Å²) in [6.07, 6.45) is -5.10. The first-order valence-electron chi connectivity index (χ1n) is 3.07. The van der Waals surface area contributed by atoms with Crippen molar-refractivity contribution in [2.24, 2.45) is 0 Å². The van der Waals surface area contributed by atoms with Gasteiger partial charge in [0.1, 0.15) is 12.2 Å². The molecule has 0 aromatic rings. The normalized spacial score (nSPS) is 43.9. The highest BCUT2D eigenvalue weighted by atomic mass is 16.7. The highest BCUT2D eigenvalue weighted by Crippen LogP contribution is 2.21. The van der Waals surface area contributed by atoms with E-state index in [1.807, 2.05) is 0 Å². The van der Waals surface area contributed by atoms with Crippen LogP contribution in [0.25, 0.3) is 0 Å². The standard InChI is InChI=1S/C5H10O6/c6-2-1-11-4(8)5(9,10)3(2)7/h2-4,6-10H,1H2/t2-,3-,4+/m1/s1. The smallest absolute Gasteiger partial charge is 0.245 e. The zero-order valence-corrected chi connectivity index (χ0v) is 5.58. The number of hydrogen-bond acceptors (Lipinski definition) is 6. The van der Waals surface area contributed by atoms with Crippen LogP contribution in [0.1, 0.15) is 0 Å². The molecule has 0 bridgehead atoms. The summed E-state index contributed by atoms with van der Waals surface area (Å²) in [5.41, 5.74) is 0. The Balaban J connectivity index is 2.72. The van der Waals surface area contributed by atoms with E-state index in [0.717, 1.165) is 0 Å². The first-order valence-corrected chi connectivity index (χ1v) is 3.07. The van der Waals surface area contributed by atoms with E-state index in [4.69, 9.17) is 25.5 Å². The monoisotopic (exact) mass is 166 g/mol. The molecule has 1 heterocycles. The third kappa shape index (κ3) is 1.36. The fraction of sp³-hybridized carbons (Fsp3) is 1.00. The molecule has 1 rings (SSSR count). The summed E-state index contributed by atoms with van der Waals surface area (Å²) in [6, 6.07) is 0. The van der Waals surface area contributed by atoms with E-state index in [0.29, 0.717) is 0 Å². The molecule has 6 nitrogen and oxygen atoms in total. The first-order chi connectivity index (χ1) is 4.96. The van der Waals surface area contributed by atoms with Crippen LogP contribution in [-0.4, -0.2) is 56.4 Å². The Bertz CT molecular complexity index is 146. The maximum atomic E-state index is 8.89. The number of ether oxygens (including phenoxy) is 1. The van der Waals surface area contributed by atoms with Crippen molar-refractivity contribution in [3.63, 3.8) is 0 Å². The number of aliphatic hydroxyl groups excluding tert-OH is 3. The van der Waals surface area contributed by atoms with Crippen LogP contribution in [0.5, 0.6) is 0 Å². The van der Waals surface area contributed by atoms with Gasteiger partial charge in [0.05, 0.1) is 6.61 Å². The lowest BCUT2D eigenvalue weighted by atomic mass is 10.0. The number of hydrogen-bond donors (Lipinski definition) is 5. The van der Waals surface area contributed by atoms with Gasteiger partial charge in [0.25, 0.3) is 0 Å². The van der Waals surface area contributed by atoms with Gasteiger partial charge in [0.15, 0.2) is 0 Å². The predicted octanol–water partition coefficient (Wildman–Crippen LogP) is -3.26. The molecule has 11 heavy (non-hydrogen) atoms. The summed E-state index contributed by atoms with van der Waals surface area (Å²) in [5, 5.41) is 44.1. The van der Waals surface area contributed by atoms with Gasteiger partial charge in [-0.3, -0.25) is 0 Å². The second-order valence-corrected chi connectivity index (χ2v) is 2.48. The van der Waals surface area contributed by atoms with E-state index < -0.39 is 24.3 Å². The highest BCUT2D eigenvalue weighted by molar-refractivity contribution is 4.87. The van der Waals surface area contributed by atoms with E-state index in [-0.39, 0.29) is 6.61 Å². The third-order valence-corrected chi connectivity index (χ3v) is 1.59. The Kier molecular flexibility index (Phi) is 2.15. The molecular formula is C5H10O6. The van der Waals surface area contributed by atoms with Crippen molar-refractivity contribution >= 4 is 0 Å². The lowest BCUT2D eigenvalue weighted by Crippen LogP contribution is -2.62. The molecule has 0 radical (unpaired) electrons. The Hall–Kier alpha value is -0.240. The molecule has 1 saturated heterocycles. The van der Waals surface area contributed by atoms with Gasteiger partial charge in [-0.15, -0.1) is 0 Å². The van der Waals surface area contributed by atoms with Crippen molar-refractivity contribution in [2.45, 2.75) is 24.3 Å². The summed E-state index contributed by atoms with van der Waals surface area (Å²) in [7, 11) is 0. The number of aliphatic hydroxyl groups is 5. The summed E-state index contributed by atoms with van der Waals surface area (Å²) >= 11 is 0. The van der Waals surface area contributed by atoms with Crippen LogP contribution in [-0.2, 0) is 4.74 Å². The molecule has 5 N–H and O–H groups in total. The average Bonchev–Trinajstić information content (AvgIpc) is 1.95. The van der Waals surface area contributed by atoms with Crippen molar-refractivity contribution in [1.82, 2.24) is 0 Å². The Labute approximate surface area is 62.3 Å². The van der Waals surface area contributed by atoms with Gasteiger partial charge >= 0.3 is 0 Å². The molecule has 6 heteroatoms. The van der Waals surface area contributed by atoms with Crippen LogP contribution in [0.3, 0.4) is 0 Å². The van der Waals surface area contributed by atoms with Crippen molar-refractivity contribution < 1.29 is 30.3 Å². The molecule has 0 amide bonds. The predicted molar refractivity (Wildman–Crippen MR) is 31.1 cm³/mol. The van der Waals surface area contributed by atoms with Gasteiger partial charge in [0.2, 0.25) is 12.1 Å². The van der Waals surface area contributed by atoms with E-state index >= 15 is 0 Å². The van der Waals surface area contributed by atoms with Crippen LogP contribution < -0.4 is 0 Å². The van der Waals surface area contributed by atoms with Gasteiger partial charge in [0, 0.05) is 0 Å². The second kappa shape index (κ2) is 2.67. The van der Waals surface area contributed by atoms with Gasteiger partial charge in [-0.25, -0.2) is 0 Å². The van der Waals surface area contributed by atoms with Gasteiger partial charge in [-0.05, 0) is 0 Å². The van der Waals surface area contributed by atoms with E-state index in [1.54, 1.807) is 0 Å². The maximum Gasteiger partial charge on any atom is 0.245 e. The minimum atomic E-state index is -2.79. The molecule has 1 fully saturated rings. The lowest BCUT2D eigenvalue weighted by molar-refractivity contribution is -0.378. The van der Waals surface area contributed by atoms with Gasteiger partial charge in [-0.2, -0.15) is 0 Å². The van der Waals surface area contributed by atoms with Crippen molar-refractivity contribution in [3.05, 3.63) is 0 Å². The molecule has 1 aliphatic heterocycles. The Morgan fingerprint density at radius 1 is 1.18 bits per heavy atom. The first kappa shape index (κ1) is 8.85. The summed E-state index contributed by atoms with van der Waals surface area (Å²) < 4.78 is 4.32. The number of rotatable bonds is 0. The second-order valence-electron chi connectivity index (χ2n) is 2.48. The van der Waals surface area contributed by atoms with Crippen molar-refractivity contribution in [3.8, 4) is 0 Å². The third-order valence-electron chi connectivity index (χ3n) is 1.59. The van der Waals surface area contributed by atoms with Crippen LogP contribution in [0.4, 0.5) is 0 Å². The molecule has 1 aliphatic rings. The highest BCUT2D eigenvalue weighted by Gasteiger charge is 2.49. The Morgan fingerprint density at radius 2 is 1.73 bits per heavy atom. The van der Waals surface area contributed by atoms with Crippen LogP contribution in [0.2, 0.25) is 0 Å². The Morgan fingerprint density at radius 3 is 2.18 bits per heavy atom. The minimum Gasteiger partial charge on any atom is -0.388 e. The van der Waals surface area contributed by atoms with Crippen molar-refractivity contribution in [1.29, 1.82) is 0 Å². The molecule has 0 spiro atoms. The van der Waals surface area contributed by atoms with E-state index in [1.165, 1.54) is 0 Å². The zero-order valence-electron chi connectivity index (χ0n) is 5.58. The fourth-order valence-electron chi connectivity index (χ4n) is 0.833. The summed E-state index contributed by atoms with van der Waals surface area (Å²) in [4.78, 5) is 0. The lowest BCUT2D eigenvalue weighted by Gasteiger charge is -2.38. The molecule has 0 saturated carbocycles. The summed E-state index contributed by atoms with van der Waals surface area (Å²) in [6.45, 7) is -0.328. The molecule has 3 atom stereocenters. The molecular weight excluding hydrogens is 156 g/mol. The molecule has 66 valence electrons. The van der Waals surface area contributed by atoms with E-state index in [9.17, 15) is 0 Å². The van der Waals surface area contributed by atoms with E-state index in [2.05, 4.69) is 4.74 Å². The van der Waals surface area contributed by atoms with Crippen LogP contribution in [0, 0.1) is 0 Å². The van der Waals surface area contributed by atoms with Crippen LogP contribution in [0.15, 0.2) is 0 Å². The zero-order chi connectivity index (χ0) is 8.65. The summed E-state index contributed by atoms with van der Waals surface area (Å²) in [5.74, 6) is -2.79. The molecule has 0 aromatic carbocycles. The largest absolute Gasteiger partial charge is 0.388 e. The molecule has 0 aromatic heterocycles. The quantitative estimate of drug-likeness (QED) is 0.242.